The molecule has 5 nitrogen and oxygen atoms in total. The van der Waals surface area contributed by atoms with Gasteiger partial charge >= 0.3 is 5.97 Å². The Morgan fingerprint density at radius 1 is 1.29 bits per heavy atom. The van der Waals surface area contributed by atoms with Crippen molar-refractivity contribution in [1.82, 2.24) is 0 Å². The van der Waals surface area contributed by atoms with Gasteiger partial charge in [0.2, 0.25) is 0 Å². The summed E-state index contributed by atoms with van der Waals surface area (Å²) >= 11 is 0. The van der Waals surface area contributed by atoms with Gasteiger partial charge in [0, 0.05) is 0 Å². The Morgan fingerprint density at radius 3 is 2.47 bits per heavy atom. The lowest BCUT2D eigenvalue weighted by Crippen LogP contribution is -2.19. The normalized spacial score (nSPS) is 11.9. The summed E-state index contributed by atoms with van der Waals surface area (Å²) in [5.41, 5.74) is 0.829. The maximum absolute atomic E-state index is 10.6. The molecule has 0 saturated carbocycles. The van der Waals surface area contributed by atoms with Gasteiger partial charge in [-0.15, -0.1) is 0 Å². The zero-order chi connectivity index (χ0) is 12.8. The lowest BCUT2D eigenvalue weighted by molar-refractivity contribution is -0.149. The summed E-state index contributed by atoms with van der Waals surface area (Å²) in [5.74, 6) is 0.240. The molecule has 0 aromatic heterocycles. The van der Waals surface area contributed by atoms with Gasteiger partial charge in [0.1, 0.15) is 0 Å². The Kier molecular flexibility index (Phi) is 4.78. The molecule has 5 heteroatoms. The van der Waals surface area contributed by atoms with Crippen molar-refractivity contribution in [3.8, 4) is 11.5 Å². The number of hydrogen-bond donors (Lipinski definition) is 1. The van der Waals surface area contributed by atoms with Crippen molar-refractivity contribution in [3.63, 3.8) is 0 Å². The van der Waals surface area contributed by atoms with E-state index in [0.29, 0.717) is 11.5 Å². The number of hydrogen-bond acceptors (Lipinski definition) is 4. The molecule has 0 saturated heterocycles. The highest BCUT2D eigenvalue weighted by Crippen LogP contribution is 2.27. The van der Waals surface area contributed by atoms with Gasteiger partial charge in [0.05, 0.1) is 20.8 Å². The van der Waals surface area contributed by atoms with Crippen LogP contribution in [0.5, 0.6) is 11.5 Å². The van der Waals surface area contributed by atoms with E-state index in [-0.39, 0.29) is 6.61 Å². The molecule has 0 fully saturated rings. The minimum absolute atomic E-state index is 0.216. The summed E-state index contributed by atoms with van der Waals surface area (Å²) in [6.45, 7) is 1.71. The Bertz CT molecular complexity index is 388. The Morgan fingerprint density at radius 2 is 1.94 bits per heavy atom. The second-order valence-corrected chi connectivity index (χ2v) is 3.48. The summed E-state index contributed by atoms with van der Waals surface area (Å²) in [6, 6.07) is 5.31. The first kappa shape index (κ1) is 13.3. The quantitative estimate of drug-likeness (QED) is 0.819. The first-order chi connectivity index (χ1) is 8.08. The van der Waals surface area contributed by atoms with Crippen molar-refractivity contribution in [2.24, 2.45) is 0 Å². The van der Waals surface area contributed by atoms with E-state index in [9.17, 15) is 4.79 Å². The van der Waals surface area contributed by atoms with Crippen LogP contribution in [0, 0.1) is 0 Å². The van der Waals surface area contributed by atoms with E-state index in [1.54, 1.807) is 32.4 Å². The lowest BCUT2D eigenvalue weighted by Gasteiger charge is -2.11. The Hall–Kier alpha value is -1.75. The van der Waals surface area contributed by atoms with Crippen molar-refractivity contribution >= 4 is 5.97 Å². The SMILES string of the molecule is COc1ccc(CO[C@H](C)C(=O)O)cc1OC. The zero-order valence-electron chi connectivity index (χ0n) is 10.1. The maximum atomic E-state index is 10.6. The Balaban J connectivity index is 2.69. The molecule has 94 valence electrons. The van der Waals surface area contributed by atoms with Crippen LogP contribution >= 0.6 is 0 Å². The number of carboxylic acids is 1. The van der Waals surface area contributed by atoms with Crippen LogP contribution in [-0.4, -0.2) is 31.4 Å². The average molecular weight is 240 g/mol. The largest absolute Gasteiger partial charge is 0.493 e. The van der Waals surface area contributed by atoms with Crippen LogP contribution in [0.2, 0.25) is 0 Å². The van der Waals surface area contributed by atoms with Crippen LogP contribution in [0.15, 0.2) is 18.2 Å². The van der Waals surface area contributed by atoms with Crippen LogP contribution in [0.4, 0.5) is 0 Å². The molecule has 0 amide bonds. The van der Waals surface area contributed by atoms with Crippen LogP contribution < -0.4 is 9.47 Å². The van der Waals surface area contributed by atoms with E-state index in [1.807, 2.05) is 0 Å². The van der Waals surface area contributed by atoms with Gasteiger partial charge in [0.25, 0.3) is 0 Å². The molecule has 17 heavy (non-hydrogen) atoms. The zero-order valence-corrected chi connectivity index (χ0v) is 10.1. The third kappa shape index (κ3) is 3.64. The fourth-order valence-electron chi connectivity index (χ4n) is 1.26. The number of aliphatic carboxylic acids is 1. The molecule has 0 bridgehead atoms. The molecule has 1 aromatic rings. The lowest BCUT2D eigenvalue weighted by atomic mass is 10.2. The fraction of sp³-hybridized carbons (Fsp3) is 0.417. The highest BCUT2D eigenvalue weighted by molar-refractivity contribution is 5.71. The molecule has 1 rings (SSSR count). The number of carbonyl (C=O) groups is 1. The summed E-state index contributed by atoms with van der Waals surface area (Å²) in [6.07, 6.45) is -0.830. The van der Waals surface area contributed by atoms with Crippen LogP contribution in [0.25, 0.3) is 0 Å². The van der Waals surface area contributed by atoms with Crippen LogP contribution in [-0.2, 0) is 16.1 Å². The highest BCUT2D eigenvalue weighted by atomic mass is 16.5. The molecule has 0 unspecified atom stereocenters. The van der Waals surface area contributed by atoms with Gasteiger partial charge in [-0.25, -0.2) is 4.79 Å². The third-order valence-corrected chi connectivity index (χ3v) is 2.30. The second kappa shape index (κ2) is 6.10. The molecule has 0 radical (unpaired) electrons. The molecule has 0 aliphatic rings. The molecule has 0 heterocycles. The topological polar surface area (TPSA) is 65.0 Å². The van der Waals surface area contributed by atoms with Crippen molar-refractivity contribution in [2.75, 3.05) is 14.2 Å². The molecule has 1 aromatic carbocycles. The summed E-state index contributed by atoms with van der Waals surface area (Å²) in [5, 5.41) is 8.67. The predicted molar refractivity (Wildman–Crippen MR) is 61.4 cm³/mol. The van der Waals surface area contributed by atoms with E-state index in [0.717, 1.165) is 5.56 Å². The van der Waals surface area contributed by atoms with Gasteiger partial charge < -0.3 is 19.3 Å². The van der Waals surface area contributed by atoms with Crippen molar-refractivity contribution in [3.05, 3.63) is 23.8 Å². The van der Waals surface area contributed by atoms with Gasteiger partial charge in [-0.2, -0.15) is 0 Å². The van der Waals surface area contributed by atoms with Gasteiger partial charge in [-0.1, -0.05) is 6.07 Å². The molecular formula is C12H16O5. The molecule has 1 N–H and O–H groups in total. The van der Waals surface area contributed by atoms with E-state index >= 15 is 0 Å². The Labute approximate surface area is 99.9 Å². The summed E-state index contributed by atoms with van der Waals surface area (Å²) in [4.78, 5) is 10.6. The van der Waals surface area contributed by atoms with E-state index in [1.165, 1.54) is 6.92 Å². The van der Waals surface area contributed by atoms with Gasteiger partial charge in [0.15, 0.2) is 17.6 Å². The van der Waals surface area contributed by atoms with Crippen molar-refractivity contribution in [1.29, 1.82) is 0 Å². The van der Waals surface area contributed by atoms with Crippen LogP contribution in [0.1, 0.15) is 12.5 Å². The number of benzene rings is 1. The molecular weight excluding hydrogens is 224 g/mol. The molecule has 0 aliphatic carbocycles. The van der Waals surface area contributed by atoms with Gasteiger partial charge in [-0.05, 0) is 24.6 Å². The first-order valence-electron chi connectivity index (χ1n) is 5.13. The number of carboxylic acid groups (broad SMARTS) is 1. The van der Waals surface area contributed by atoms with E-state index < -0.39 is 12.1 Å². The second-order valence-electron chi connectivity index (χ2n) is 3.48. The van der Waals surface area contributed by atoms with Gasteiger partial charge in [-0.3, -0.25) is 0 Å². The maximum Gasteiger partial charge on any atom is 0.332 e. The van der Waals surface area contributed by atoms with Crippen molar-refractivity contribution < 1.29 is 24.1 Å². The van der Waals surface area contributed by atoms with E-state index in [4.69, 9.17) is 19.3 Å². The highest BCUT2D eigenvalue weighted by Gasteiger charge is 2.11. The number of rotatable bonds is 6. The smallest absolute Gasteiger partial charge is 0.332 e. The standard InChI is InChI=1S/C12H16O5/c1-8(12(13)14)17-7-9-4-5-10(15-2)11(6-9)16-3/h4-6,8H,7H2,1-3H3,(H,13,14)/t8-/m1/s1. The molecule has 0 spiro atoms. The summed E-state index contributed by atoms with van der Waals surface area (Å²) in [7, 11) is 3.10. The van der Waals surface area contributed by atoms with Crippen LogP contribution in [0.3, 0.4) is 0 Å². The van der Waals surface area contributed by atoms with E-state index in [2.05, 4.69) is 0 Å². The average Bonchev–Trinajstić information content (AvgIpc) is 2.35. The number of methoxy groups -OCH3 is 2. The monoisotopic (exact) mass is 240 g/mol. The summed E-state index contributed by atoms with van der Waals surface area (Å²) < 4.78 is 15.4. The fourth-order valence-corrected chi connectivity index (χ4v) is 1.26. The first-order valence-corrected chi connectivity index (χ1v) is 5.13. The third-order valence-electron chi connectivity index (χ3n) is 2.30. The predicted octanol–water partition coefficient (Wildman–Crippen LogP) is 1.69. The van der Waals surface area contributed by atoms with Crippen molar-refractivity contribution in [2.45, 2.75) is 19.6 Å². The minimum Gasteiger partial charge on any atom is -0.493 e. The number of ether oxygens (including phenoxy) is 3. The minimum atomic E-state index is -0.981. The molecule has 1 atom stereocenters. The molecule has 0 aliphatic heterocycles.